The fourth-order valence-electron chi connectivity index (χ4n) is 3.43. The van der Waals surface area contributed by atoms with Gasteiger partial charge in [0.25, 0.3) is 0 Å². The van der Waals surface area contributed by atoms with Gasteiger partial charge in [0.2, 0.25) is 5.91 Å². The zero-order valence-electron chi connectivity index (χ0n) is 14.7. The van der Waals surface area contributed by atoms with E-state index in [1.165, 1.54) is 10.4 Å². The van der Waals surface area contributed by atoms with Gasteiger partial charge in [-0.25, -0.2) is 0 Å². The van der Waals surface area contributed by atoms with E-state index in [2.05, 4.69) is 51.6 Å². The monoisotopic (exact) mass is 366 g/mol. The summed E-state index contributed by atoms with van der Waals surface area (Å²) in [6, 6.07) is 16.3. The van der Waals surface area contributed by atoms with E-state index in [4.69, 9.17) is 0 Å². The van der Waals surface area contributed by atoms with E-state index in [1.807, 2.05) is 24.3 Å². The molecule has 1 fully saturated rings. The molecule has 0 bridgehead atoms. The number of benzene rings is 1. The molecule has 134 valence electrons. The highest BCUT2D eigenvalue weighted by atomic mass is 32.1. The smallest absolute Gasteiger partial charge is 0.242 e. The normalized spacial score (nSPS) is 17.5. The molecule has 3 heterocycles. The van der Waals surface area contributed by atoms with Crippen LogP contribution >= 0.6 is 11.3 Å². The van der Waals surface area contributed by atoms with Crippen molar-refractivity contribution in [2.75, 3.05) is 11.9 Å². The molecule has 0 saturated carbocycles. The Labute approximate surface area is 157 Å². The second-order valence-electron chi connectivity index (χ2n) is 6.68. The van der Waals surface area contributed by atoms with Crippen LogP contribution in [0.4, 0.5) is 5.82 Å². The Morgan fingerprint density at radius 2 is 2.15 bits per heavy atom. The molecule has 2 aromatic heterocycles. The molecule has 4 rings (SSSR count). The second kappa shape index (κ2) is 7.43. The molecule has 5 nitrogen and oxygen atoms in total. The molecule has 1 atom stereocenters. The number of rotatable bonds is 5. The first-order chi connectivity index (χ1) is 12.7. The Morgan fingerprint density at radius 1 is 1.31 bits per heavy atom. The van der Waals surface area contributed by atoms with Gasteiger partial charge in [0, 0.05) is 17.5 Å². The molecular weight excluding hydrogens is 344 g/mol. The summed E-state index contributed by atoms with van der Waals surface area (Å²) in [6.45, 7) is 3.83. The summed E-state index contributed by atoms with van der Waals surface area (Å²) in [7, 11) is 0. The van der Waals surface area contributed by atoms with Crippen LogP contribution in [0.1, 0.15) is 23.3 Å². The maximum absolute atomic E-state index is 12.8. The summed E-state index contributed by atoms with van der Waals surface area (Å²) in [5.74, 6) is 0.612. The summed E-state index contributed by atoms with van der Waals surface area (Å²) in [4.78, 5) is 17.4. The molecule has 0 spiro atoms. The molecule has 1 aromatic carbocycles. The summed E-state index contributed by atoms with van der Waals surface area (Å²) in [5, 5.41) is 10.2. The third-order valence-electron chi connectivity index (χ3n) is 4.73. The van der Waals surface area contributed by atoms with Crippen LogP contribution in [-0.4, -0.2) is 33.6 Å². The number of nitrogens with one attached hydrogen (secondary N) is 2. The van der Waals surface area contributed by atoms with Crippen molar-refractivity contribution in [1.29, 1.82) is 0 Å². The number of nitrogens with zero attached hydrogens (tertiary/aromatic N) is 2. The van der Waals surface area contributed by atoms with Crippen LogP contribution in [-0.2, 0) is 11.3 Å². The van der Waals surface area contributed by atoms with Crippen LogP contribution in [0.25, 0.3) is 10.6 Å². The average molecular weight is 366 g/mol. The van der Waals surface area contributed by atoms with Gasteiger partial charge in [-0.3, -0.25) is 14.8 Å². The maximum Gasteiger partial charge on any atom is 0.242 e. The van der Waals surface area contributed by atoms with E-state index in [-0.39, 0.29) is 11.9 Å². The average Bonchev–Trinajstić information content (AvgIpc) is 3.37. The van der Waals surface area contributed by atoms with Crippen LogP contribution < -0.4 is 5.32 Å². The standard InChI is InChI=1S/C20H22N4OS/c1-14-9-10-18(26-14)16-12-19(23-22-16)21-20(25)17-8-5-11-24(17)13-15-6-3-2-4-7-15/h2-4,6-7,9-10,12,17H,5,8,11,13H2,1H3,(H2,21,22,23,25). The van der Waals surface area contributed by atoms with Crippen molar-refractivity contribution in [2.45, 2.75) is 32.4 Å². The fraction of sp³-hybridized carbons (Fsp3) is 0.300. The molecule has 1 aliphatic heterocycles. The highest BCUT2D eigenvalue weighted by Gasteiger charge is 2.31. The van der Waals surface area contributed by atoms with Crippen molar-refractivity contribution in [3.8, 4) is 10.6 Å². The number of H-pyrrole nitrogens is 1. The Balaban J connectivity index is 1.42. The van der Waals surface area contributed by atoms with Crippen molar-refractivity contribution in [3.63, 3.8) is 0 Å². The molecule has 26 heavy (non-hydrogen) atoms. The largest absolute Gasteiger partial charge is 0.308 e. The summed E-state index contributed by atoms with van der Waals surface area (Å²) in [6.07, 6.45) is 1.94. The molecule has 0 radical (unpaired) electrons. The third kappa shape index (κ3) is 3.71. The SMILES string of the molecule is Cc1ccc(-c2cc(NC(=O)C3CCCN3Cc3ccccc3)n[nH]2)s1. The lowest BCUT2D eigenvalue weighted by Crippen LogP contribution is -2.39. The Hall–Kier alpha value is -2.44. The minimum absolute atomic E-state index is 0.0267. The van der Waals surface area contributed by atoms with Crippen LogP contribution in [0, 0.1) is 6.92 Å². The van der Waals surface area contributed by atoms with Gasteiger partial charge in [-0.05, 0) is 44.0 Å². The number of thiophene rings is 1. The van der Waals surface area contributed by atoms with Crippen LogP contribution in [0.2, 0.25) is 0 Å². The minimum atomic E-state index is -0.0978. The topological polar surface area (TPSA) is 61.0 Å². The van der Waals surface area contributed by atoms with Crippen LogP contribution in [0.3, 0.4) is 0 Å². The molecule has 3 aromatic rings. The third-order valence-corrected chi connectivity index (χ3v) is 5.76. The van der Waals surface area contributed by atoms with Crippen molar-refractivity contribution >= 4 is 23.1 Å². The van der Waals surface area contributed by atoms with Crippen molar-refractivity contribution in [3.05, 3.63) is 59.0 Å². The van der Waals surface area contributed by atoms with Crippen molar-refractivity contribution in [2.24, 2.45) is 0 Å². The van der Waals surface area contributed by atoms with E-state index < -0.39 is 0 Å². The predicted molar refractivity (Wildman–Crippen MR) is 105 cm³/mol. The molecule has 1 saturated heterocycles. The maximum atomic E-state index is 12.8. The van der Waals surface area contributed by atoms with Gasteiger partial charge in [-0.1, -0.05) is 30.3 Å². The van der Waals surface area contributed by atoms with Gasteiger partial charge < -0.3 is 5.32 Å². The number of carbonyl (C=O) groups is 1. The second-order valence-corrected chi connectivity index (χ2v) is 7.97. The van der Waals surface area contributed by atoms with Gasteiger partial charge in [-0.2, -0.15) is 5.10 Å². The number of aromatic amines is 1. The molecule has 1 aliphatic rings. The summed E-state index contributed by atoms with van der Waals surface area (Å²) in [5.41, 5.74) is 2.17. The van der Waals surface area contributed by atoms with E-state index in [1.54, 1.807) is 11.3 Å². The zero-order valence-corrected chi connectivity index (χ0v) is 15.6. The van der Waals surface area contributed by atoms with Gasteiger partial charge >= 0.3 is 0 Å². The Morgan fingerprint density at radius 3 is 2.92 bits per heavy atom. The number of amides is 1. The van der Waals surface area contributed by atoms with E-state index in [0.717, 1.165) is 36.5 Å². The molecular formula is C20H22N4OS. The number of anilines is 1. The van der Waals surface area contributed by atoms with Gasteiger partial charge in [-0.15, -0.1) is 11.3 Å². The van der Waals surface area contributed by atoms with Gasteiger partial charge in [0.15, 0.2) is 5.82 Å². The first-order valence-corrected chi connectivity index (χ1v) is 9.72. The van der Waals surface area contributed by atoms with Crippen LogP contribution in [0.5, 0.6) is 0 Å². The number of hydrogen-bond acceptors (Lipinski definition) is 4. The molecule has 0 aliphatic carbocycles. The fourth-order valence-corrected chi connectivity index (χ4v) is 4.26. The van der Waals surface area contributed by atoms with Gasteiger partial charge in [0.05, 0.1) is 16.6 Å². The predicted octanol–water partition coefficient (Wildman–Crippen LogP) is 4.05. The minimum Gasteiger partial charge on any atom is -0.308 e. The first kappa shape index (κ1) is 17.0. The van der Waals surface area contributed by atoms with E-state index >= 15 is 0 Å². The van der Waals surface area contributed by atoms with Crippen LogP contribution in [0.15, 0.2) is 48.5 Å². The lowest BCUT2D eigenvalue weighted by atomic mass is 10.1. The van der Waals surface area contributed by atoms with E-state index in [0.29, 0.717) is 5.82 Å². The lowest BCUT2D eigenvalue weighted by molar-refractivity contribution is -0.120. The van der Waals surface area contributed by atoms with Gasteiger partial charge in [0.1, 0.15) is 0 Å². The van der Waals surface area contributed by atoms with Crippen molar-refractivity contribution < 1.29 is 4.79 Å². The molecule has 6 heteroatoms. The quantitative estimate of drug-likeness (QED) is 0.716. The highest BCUT2D eigenvalue weighted by Crippen LogP contribution is 2.28. The molecule has 2 N–H and O–H groups in total. The van der Waals surface area contributed by atoms with E-state index in [9.17, 15) is 4.79 Å². The Bertz CT molecular complexity index is 886. The summed E-state index contributed by atoms with van der Waals surface area (Å²) < 4.78 is 0. The number of carbonyl (C=O) groups excluding carboxylic acids is 1. The number of aryl methyl sites for hydroxylation is 1. The zero-order chi connectivity index (χ0) is 17.9. The molecule has 1 unspecified atom stereocenters. The number of hydrogen-bond donors (Lipinski definition) is 2. The number of aromatic nitrogens is 2. The first-order valence-electron chi connectivity index (χ1n) is 8.90. The van der Waals surface area contributed by atoms with Crippen molar-refractivity contribution in [1.82, 2.24) is 15.1 Å². The lowest BCUT2D eigenvalue weighted by Gasteiger charge is -2.23. The number of likely N-dealkylation sites (tertiary alicyclic amines) is 1. The molecule has 1 amide bonds. The highest BCUT2D eigenvalue weighted by molar-refractivity contribution is 7.15. The summed E-state index contributed by atoms with van der Waals surface area (Å²) >= 11 is 1.71. The Kier molecular flexibility index (Phi) is 4.86.